The third-order valence-corrected chi connectivity index (χ3v) is 5.67. The molecule has 2 aromatic rings. The zero-order valence-electron chi connectivity index (χ0n) is 14.8. The van der Waals surface area contributed by atoms with E-state index in [-0.39, 0.29) is 23.5 Å². The molecule has 138 valence electrons. The lowest BCUT2D eigenvalue weighted by Gasteiger charge is -2.37. The molecule has 0 bridgehead atoms. The third-order valence-electron chi connectivity index (χ3n) is 5.67. The summed E-state index contributed by atoms with van der Waals surface area (Å²) in [7, 11) is 0. The van der Waals surface area contributed by atoms with E-state index in [1.54, 1.807) is 23.1 Å². The van der Waals surface area contributed by atoms with Crippen LogP contribution in [0.5, 0.6) is 0 Å². The zero-order valence-corrected chi connectivity index (χ0v) is 14.8. The molecule has 6 heteroatoms. The first kappa shape index (κ1) is 17.1. The molecule has 26 heavy (non-hydrogen) atoms. The fraction of sp³-hybridized carbons (Fsp3) is 0.500. The van der Waals surface area contributed by atoms with Crippen LogP contribution in [0.1, 0.15) is 42.6 Å². The molecular weight excluding hydrogens is 333 g/mol. The maximum atomic E-state index is 13.8. The molecule has 2 heterocycles. The molecule has 1 aromatic carbocycles. The second-order valence-electron chi connectivity index (χ2n) is 7.34. The molecule has 1 saturated heterocycles. The molecule has 1 aliphatic carbocycles. The van der Waals surface area contributed by atoms with Crippen molar-refractivity contribution in [1.82, 2.24) is 14.8 Å². The SMILES string of the molecule is O=C(c1cc2c(F)cccc2[nH]1)N1CCN(C(=O)C2CCCCC2)CC1. The highest BCUT2D eigenvalue weighted by Crippen LogP contribution is 2.26. The van der Waals surface area contributed by atoms with Gasteiger partial charge in [-0.15, -0.1) is 0 Å². The lowest BCUT2D eigenvalue weighted by molar-refractivity contribution is -0.138. The summed E-state index contributed by atoms with van der Waals surface area (Å²) in [6, 6.07) is 6.35. The molecule has 1 aliphatic heterocycles. The van der Waals surface area contributed by atoms with Crippen LogP contribution in [-0.4, -0.2) is 52.8 Å². The number of fused-ring (bicyclic) bond motifs is 1. The summed E-state index contributed by atoms with van der Waals surface area (Å²) in [5.41, 5.74) is 1.02. The first-order chi connectivity index (χ1) is 12.6. The first-order valence-electron chi connectivity index (χ1n) is 9.49. The van der Waals surface area contributed by atoms with Crippen LogP contribution in [0.3, 0.4) is 0 Å². The molecule has 1 aromatic heterocycles. The molecule has 0 spiro atoms. The molecule has 2 fully saturated rings. The summed E-state index contributed by atoms with van der Waals surface area (Å²) >= 11 is 0. The second-order valence-corrected chi connectivity index (χ2v) is 7.34. The molecule has 0 unspecified atom stereocenters. The number of halogens is 1. The summed E-state index contributed by atoms with van der Waals surface area (Å²) in [6.45, 7) is 2.20. The van der Waals surface area contributed by atoms with Gasteiger partial charge in [0.1, 0.15) is 11.5 Å². The van der Waals surface area contributed by atoms with Crippen LogP contribution in [0, 0.1) is 11.7 Å². The molecule has 2 amide bonds. The Bertz CT molecular complexity index is 818. The number of aromatic amines is 1. The number of hydrogen-bond acceptors (Lipinski definition) is 2. The van der Waals surface area contributed by atoms with E-state index in [0.29, 0.717) is 42.8 Å². The number of carbonyl (C=O) groups excluding carboxylic acids is 2. The van der Waals surface area contributed by atoms with E-state index in [9.17, 15) is 14.0 Å². The summed E-state index contributed by atoms with van der Waals surface area (Å²) in [5, 5.41) is 0.432. The second kappa shape index (κ2) is 7.09. The van der Waals surface area contributed by atoms with Crippen LogP contribution in [0.15, 0.2) is 24.3 Å². The van der Waals surface area contributed by atoms with Gasteiger partial charge in [-0.05, 0) is 31.0 Å². The van der Waals surface area contributed by atoms with E-state index in [4.69, 9.17) is 0 Å². The minimum absolute atomic E-state index is 0.134. The van der Waals surface area contributed by atoms with Crippen LogP contribution in [-0.2, 0) is 4.79 Å². The largest absolute Gasteiger partial charge is 0.350 e. The number of H-pyrrole nitrogens is 1. The fourth-order valence-electron chi connectivity index (χ4n) is 4.14. The number of rotatable bonds is 2. The Morgan fingerprint density at radius 1 is 1.00 bits per heavy atom. The summed E-state index contributed by atoms with van der Waals surface area (Å²) in [5.74, 6) is -0.0433. The van der Waals surface area contributed by atoms with E-state index in [1.165, 1.54) is 12.5 Å². The van der Waals surface area contributed by atoms with Gasteiger partial charge in [0.25, 0.3) is 5.91 Å². The smallest absolute Gasteiger partial charge is 0.270 e. The maximum Gasteiger partial charge on any atom is 0.270 e. The van der Waals surface area contributed by atoms with Gasteiger partial charge < -0.3 is 14.8 Å². The van der Waals surface area contributed by atoms with Crippen molar-refractivity contribution in [2.24, 2.45) is 5.92 Å². The Morgan fingerprint density at radius 3 is 2.38 bits per heavy atom. The maximum absolute atomic E-state index is 13.8. The Balaban J connectivity index is 1.39. The van der Waals surface area contributed by atoms with E-state index in [0.717, 1.165) is 25.7 Å². The Morgan fingerprint density at radius 2 is 1.69 bits per heavy atom. The van der Waals surface area contributed by atoms with Crippen LogP contribution in [0.4, 0.5) is 4.39 Å². The van der Waals surface area contributed by atoms with Crippen molar-refractivity contribution in [3.63, 3.8) is 0 Å². The molecule has 0 atom stereocenters. The summed E-state index contributed by atoms with van der Waals surface area (Å²) in [4.78, 5) is 32.0. The average Bonchev–Trinajstić information content (AvgIpc) is 3.13. The van der Waals surface area contributed by atoms with Crippen LogP contribution >= 0.6 is 0 Å². The number of aromatic nitrogens is 1. The zero-order chi connectivity index (χ0) is 18.1. The third kappa shape index (κ3) is 3.20. The monoisotopic (exact) mass is 357 g/mol. The van der Waals surface area contributed by atoms with Crippen molar-refractivity contribution < 1.29 is 14.0 Å². The van der Waals surface area contributed by atoms with E-state index in [1.807, 2.05) is 4.90 Å². The highest BCUT2D eigenvalue weighted by Gasteiger charge is 2.30. The Hall–Kier alpha value is -2.37. The predicted octanol–water partition coefficient (Wildman–Crippen LogP) is 3.17. The van der Waals surface area contributed by atoms with Crippen molar-refractivity contribution in [1.29, 1.82) is 0 Å². The highest BCUT2D eigenvalue weighted by atomic mass is 19.1. The topological polar surface area (TPSA) is 56.4 Å². The molecule has 0 radical (unpaired) electrons. The molecule has 5 nitrogen and oxygen atoms in total. The van der Waals surface area contributed by atoms with E-state index >= 15 is 0 Å². The number of benzene rings is 1. The minimum Gasteiger partial charge on any atom is -0.350 e. The van der Waals surface area contributed by atoms with Crippen molar-refractivity contribution in [2.75, 3.05) is 26.2 Å². The number of carbonyl (C=O) groups is 2. The number of hydrogen-bond donors (Lipinski definition) is 1. The van der Waals surface area contributed by atoms with E-state index < -0.39 is 0 Å². The van der Waals surface area contributed by atoms with Gasteiger partial charge in [-0.1, -0.05) is 25.3 Å². The van der Waals surface area contributed by atoms with Crippen molar-refractivity contribution in [3.8, 4) is 0 Å². The highest BCUT2D eigenvalue weighted by molar-refractivity contribution is 5.98. The Labute approximate surface area is 152 Å². The minimum atomic E-state index is -0.333. The van der Waals surface area contributed by atoms with E-state index in [2.05, 4.69) is 4.98 Å². The quantitative estimate of drug-likeness (QED) is 0.897. The number of amides is 2. The van der Waals surface area contributed by atoms with Gasteiger partial charge in [0.15, 0.2) is 0 Å². The van der Waals surface area contributed by atoms with Gasteiger partial charge in [0.2, 0.25) is 5.91 Å². The van der Waals surface area contributed by atoms with Gasteiger partial charge in [-0.3, -0.25) is 9.59 Å². The normalized spacial score (nSPS) is 19.1. The average molecular weight is 357 g/mol. The molecule has 2 aliphatic rings. The van der Waals surface area contributed by atoms with Crippen molar-refractivity contribution in [3.05, 3.63) is 35.8 Å². The van der Waals surface area contributed by atoms with Crippen molar-refractivity contribution >= 4 is 22.7 Å². The number of piperazine rings is 1. The fourth-order valence-corrected chi connectivity index (χ4v) is 4.14. The predicted molar refractivity (Wildman–Crippen MR) is 97.3 cm³/mol. The standard InChI is InChI=1S/C20H24FN3O2/c21-16-7-4-8-17-15(16)13-18(22-17)20(26)24-11-9-23(10-12-24)19(25)14-5-2-1-3-6-14/h4,7-8,13-14,22H,1-3,5-6,9-12H2. The molecule has 1 N–H and O–H groups in total. The molecule has 1 saturated carbocycles. The lowest BCUT2D eigenvalue weighted by atomic mass is 9.88. The van der Waals surface area contributed by atoms with Gasteiger partial charge in [-0.2, -0.15) is 0 Å². The Kier molecular flexibility index (Phi) is 4.66. The number of nitrogens with zero attached hydrogens (tertiary/aromatic N) is 2. The van der Waals surface area contributed by atoms with Crippen molar-refractivity contribution in [2.45, 2.75) is 32.1 Å². The van der Waals surface area contributed by atoms with Crippen LogP contribution < -0.4 is 0 Å². The molecule has 4 rings (SSSR count). The van der Waals surface area contributed by atoms with Crippen LogP contribution in [0.2, 0.25) is 0 Å². The molecular formula is C20H24FN3O2. The number of nitrogens with one attached hydrogen (secondary N) is 1. The van der Waals surface area contributed by atoms with Gasteiger partial charge >= 0.3 is 0 Å². The summed E-state index contributed by atoms with van der Waals surface area (Å²) < 4.78 is 13.8. The lowest BCUT2D eigenvalue weighted by Crippen LogP contribution is -2.52. The van der Waals surface area contributed by atoms with Gasteiger partial charge in [-0.25, -0.2) is 4.39 Å². The summed E-state index contributed by atoms with van der Waals surface area (Å²) in [6.07, 6.45) is 5.52. The van der Waals surface area contributed by atoms with Gasteiger partial charge in [0, 0.05) is 43.0 Å². The van der Waals surface area contributed by atoms with Gasteiger partial charge in [0.05, 0.1) is 0 Å². The first-order valence-corrected chi connectivity index (χ1v) is 9.49. The van der Waals surface area contributed by atoms with Crippen LogP contribution in [0.25, 0.3) is 10.9 Å².